The van der Waals surface area contributed by atoms with Crippen LogP contribution in [0.3, 0.4) is 0 Å². The van der Waals surface area contributed by atoms with Gasteiger partial charge in [-0.25, -0.2) is 4.98 Å². The SMILES string of the molecule is CCCn1ccnc1.O=C(O)[C@@H]1CCCN1. The van der Waals surface area contributed by atoms with Gasteiger partial charge in [-0.3, -0.25) is 4.79 Å². The molecule has 0 saturated carbocycles. The van der Waals surface area contributed by atoms with Gasteiger partial charge in [-0.15, -0.1) is 0 Å². The molecule has 0 bridgehead atoms. The highest BCUT2D eigenvalue weighted by atomic mass is 16.4. The Morgan fingerprint density at radius 3 is 2.88 bits per heavy atom. The number of imidazole rings is 1. The molecule has 1 fully saturated rings. The van der Waals surface area contributed by atoms with Crippen LogP contribution >= 0.6 is 0 Å². The Labute approximate surface area is 95.5 Å². The molecule has 0 aromatic carbocycles. The number of aryl methyl sites for hydroxylation is 1. The minimum absolute atomic E-state index is 0.269. The van der Waals surface area contributed by atoms with Crippen molar-refractivity contribution >= 4 is 5.97 Å². The van der Waals surface area contributed by atoms with E-state index in [2.05, 4.69) is 21.8 Å². The molecule has 0 spiro atoms. The molecule has 1 saturated heterocycles. The number of hydrogen-bond donors (Lipinski definition) is 2. The van der Waals surface area contributed by atoms with E-state index in [0.29, 0.717) is 0 Å². The first-order chi connectivity index (χ1) is 7.74. The lowest BCUT2D eigenvalue weighted by Gasteiger charge is -1.99. The van der Waals surface area contributed by atoms with Gasteiger partial charge in [-0.2, -0.15) is 0 Å². The zero-order valence-electron chi connectivity index (χ0n) is 9.59. The zero-order chi connectivity index (χ0) is 11.8. The zero-order valence-corrected chi connectivity index (χ0v) is 9.59. The molecule has 2 heterocycles. The van der Waals surface area contributed by atoms with E-state index >= 15 is 0 Å². The second-order valence-corrected chi connectivity index (χ2v) is 3.79. The highest BCUT2D eigenvalue weighted by Gasteiger charge is 2.20. The molecule has 1 atom stereocenters. The van der Waals surface area contributed by atoms with Gasteiger partial charge in [0.05, 0.1) is 6.33 Å². The molecular formula is C11H19N3O2. The number of hydrogen-bond acceptors (Lipinski definition) is 3. The van der Waals surface area contributed by atoms with Crippen molar-refractivity contribution in [2.75, 3.05) is 6.54 Å². The summed E-state index contributed by atoms with van der Waals surface area (Å²) in [6, 6.07) is -0.269. The summed E-state index contributed by atoms with van der Waals surface area (Å²) < 4.78 is 2.07. The third-order valence-electron chi connectivity index (χ3n) is 2.40. The number of carbonyl (C=O) groups is 1. The van der Waals surface area contributed by atoms with Gasteiger partial charge in [-0.1, -0.05) is 6.92 Å². The average molecular weight is 225 g/mol. The number of aliphatic carboxylic acids is 1. The summed E-state index contributed by atoms with van der Waals surface area (Å²) >= 11 is 0. The number of nitrogens with zero attached hydrogens (tertiary/aromatic N) is 2. The second kappa shape index (κ2) is 7.00. The molecule has 1 aliphatic rings. The quantitative estimate of drug-likeness (QED) is 0.808. The minimum Gasteiger partial charge on any atom is -0.480 e. The van der Waals surface area contributed by atoms with Crippen LogP contribution < -0.4 is 5.32 Å². The highest BCUT2D eigenvalue weighted by Crippen LogP contribution is 2.03. The fourth-order valence-corrected chi connectivity index (χ4v) is 1.57. The number of rotatable bonds is 3. The van der Waals surface area contributed by atoms with E-state index in [9.17, 15) is 4.79 Å². The predicted molar refractivity (Wildman–Crippen MR) is 61.2 cm³/mol. The van der Waals surface area contributed by atoms with E-state index in [1.165, 1.54) is 6.42 Å². The van der Waals surface area contributed by atoms with Gasteiger partial charge < -0.3 is 15.0 Å². The normalized spacial score (nSPS) is 18.9. The monoisotopic (exact) mass is 225 g/mol. The maximum Gasteiger partial charge on any atom is 0.320 e. The van der Waals surface area contributed by atoms with E-state index in [4.69, 9.17) is 5.11 Å². The van der Waals surface area contributed by atoms with E-state index < -0.39 is 5.97 Å². The van der Waals surface area contributed by atoms with E-state index in [1.54, 1.807) is 6.20 Å². The van der Waals surface area contributed by atoms with Crippen LogP contribution in [-0.4, -0.2) is 33.2 Å². The third-order valence-corrected chi connectivity index (χ3v) is 2.40. The first-order valence-corrected chi connectivity index (χ1v) is 5.66. The average Bonchev–Trinajstić information content (AvgIpc) is 2.91. The summed E-state index contributed by atoms with van der Waals surface area (Å²) in [5, 5.41) is 11.2. The van der Waals surface area contributed by atoms with Crippen molar-refractivity contribution in [3.05, 3.63) is 18.7 Å². The fourth-order valence-electron chi connectivity index (χ4n) is 1.57. The molecule has 2 rings (SSSR count). The number of carboxylic acid groups (broad SMARTS) is 1. The number of carboxylic acids is 1. The Kier molecular flexibility index (Phi) is 5.56. The Balaban J connectivity index is 0.000000160. The smallest absolute Gasteiger partial charge is 0.320 e. The van der Waals surface area contributed by atoms with E-state index in [0.717, 1.165) is 25.9 Å². The second-order valence-electron chi connectivity index (χ2n) is 3.79. The van der Waals surface area contributed by atoms with Gasteiger partial charge in [0.1, 0.15) is 6.04 Å². The largest absolute Gasteiger partial charge is 0.480 e. The molecule has 16 heavy (non-hydrogen) atoms. The van der Waals surface area contributed by atoms with E-state index in [-0.39, 0.29) is 6.04 Å². The van der Waals surface area contributed by atoms with Crippen LogP contribution in [0.1, 0.15) is 26.2 Å². The van der Waals surface area contributed by atoms with Crippen LogP contribution in [0.25, 0.3) is 0 Å². The molecule has 1 aromatic rings. The maximum atomic E-state index is 10.1. The number of nitrogens with one attached hydrogen (secondary N) is 1. The van der Waals surface area contributed by atoms with Crippen molar-refractivity contribution in [1.82, 2.24) is 14.9 Å². The standard InChI is InChI=1S/C6H10N2.C5H9NO2/c1-2-4-8-5-3-7-6-8;7-5(8)4-2-1-3-6-4/h3,5-6H,2,4H2,1H3;4,6H,1-3H2,(H,7,8)/t;4-/m.0/s1. The van der Waals surface area contributed by atoms with Crippen LogP contribution in [0.4, 0.5) is 0 Å². The molecule has 90 valence electrons. The summed E-state index contributed by atoms with van der Waals surface area (Å²) in [7, 11) is 0. The van der Waals surface area contributed by atoms with Crippen LogP contribution in [0.5, 0.6) is 0 Å². The summed E-state index contributed by atoms with van der Waals surface area (Å²) in [5.74, 6) is -0.720. The van der Waals surface area contributed by atoms with Gasteiger partial charge in [0.2, 0.25) is 0 Å². The topological polar surface area (TPSA) is 67.2 Å². The van der Waals surface area contributed by atoms with Gasteiger partial charge >= 0.3 is 5.97 Å². The van der Waals surface area contributed by atoms with Crippen molar-refractivity contribution < 1.29 is 9.90 Å². The molecule has 0 unspecified atom stereocenters. The molecule has 0 aliphatic carbocycles. The molecule has 1 aromatic heterocycles. The van der Waals surface area contributed by atoms with Crippen LogP contribution in [-0.2, 0) is 11.3 Å². The van der Waals surface area contributed by atoms with E-state index in [1.807, 2.05) is 12.5 Å². The summed E-state index contributed by atoms with van der Waals surface area (Å²) in [6.45, 7) is 4.09. The highest BCUT2D eigenvalue weighted by molar-refractivity contribution is 5.73. The van der Waals surface area contributed by atoms with Gasteiger partial charge in [0.25, 0.3) is 0 Å². The summed E-state index contributed by atoms with van der Waals surface area (Å²) in [4.78, 5) is 14.0. The Bertz CT molecular complexity index is 292. The van der Waals surface area contributed by atoms with Crippen molar-refractivity contribution in [3.63, 3.8) is 0 Å². The van der Waals surface area contributed by atoms with Gasteiger partial charge in [0, 0.05) is 18.9 Å². The lowest BCUT2D eigenvalue weighted by Crippen LogP contribution is -2.29. The van der Waals surface area contributed by atoms with Crippen molar-refractivity contribution in [2.24, 2.45) is 0 Å². The molecule has 0 radical (unpaired) electrons. The Morgan fingerprint density at radius 2 is 2.50 bits per heavy atom. The number of aromatic nitrogens is 2. The minimum atomic E-state index is -0.720. The van der Waals surface area contributed by atoms with Crippen LogP contribution in [0.15, 0.2) is 18.7 Å². The molecule has 2 N–H and O–H groups in total. The lowest BCUT2D eigenvalue weighted by atomic mass is 10.2. The van der Waals surface area contributed by atoms with Crippen molar-refractivity contribution in [3.8, 4) is 0 Å². The van der Waals surface area contributed by atoms with Crippen molar-refractivity contribution in [1.29, 1.82) is 0 Å². The molecule has 1 aliphatic heterocycles. The molecule has 0 amide bonds. The third kappa shape index (κ3) is 4.44. The molecule has 5 heteroatoms. The summed E-state index contributed by atoms with van der Waals surface area (Å²) in [6.07, 6.45) is 8.57. The predicted octanol–water partition coefficient (Wildman–Crippen LogP) is 1.12. The maximum absolute atomic E-state index is 10.1. The first kappa shape index (κ1) is 12.7. The van der Waals surface area contributed by atoms with Crippen LogP contribution in [0, 0.1) is 0 Å². The van der Waals surface area contributed by atoms with Gasteiger partial charge in [0.15, 0.2) is 0 Å². The molecular weight excluding hydrogens is 206 g/mol. The Hall–Kier alpha value is -1.36. The fraction of sp³-hybridized carbons (Fsp3) is 0.636. The van der Waals surface area contributed by atoms with Gasteiger partial charge in [-0.05, 0) is 25.8 Å². The Morgan fingerprint density at radius 1 is 1.69 bits per heavy atom. The summed E-state index contributed by atoms with van der Waals surface area (Å²) in [5.41, 5.74) is 0. The molecule has 5 nitrogen and oxygen atoms in total. The lowest BCUT2D eigenvalue weighted by molar-refractivity contribution is -0.139. The van der Waals surface area contributed by atoms with Crippen LogP contribution in [0.2, 0.25) is 0 Å². The van der Waals surface area contributed by atoms with Crippen molar-refractivity contribution in [2.45, 2.75) is 38.8 Å². The first-order valence-electron chi connectivity index (χ1n) is 5.66.